The standard InChI is InChI=1S/C23H23N3O7S2/c1-14(12-27)33-11-9-18(21(29)26-23-24-19-6-7-20(28)25-22(19)34-23)15-2-4-16(5-3-15)35(30,31)17-8-10-32-13-17/h2-7,14,17-18,27H,8,10,12-13H2,1H3,(H,25,28)(H,24,26,29)/t14-,17+,18?/m1/s1. The van der Waals surface area contributed by atoms with Crippen molar-refractivity contribution in [3.63, 3.8) is 0 Å². The summed E-state index contributed by atoms with van der Waals surface area (Å²) in [6.07, 6.45) is 2.35. The SMILES string of the molecule is C[C@H](CO)OC#CC(C(=O)Nc1nc2ccc(=O)[nH]c2s1)c1ccc(S(=O)(=O)[C@H]2CCOC2)cc1. The Morgan fingerprint density at radius 2 is 2.11 bits per heavy atom. The molecule has 3 heterocycles. The van der Waals surface area contributed by atoms with Crippen LogP contribution >= 0.6 is 11.3 Å². The molecule has 184 valence electrons. The smallest absolute Gasteiger partial charge is 0.249 e. The van der Waals surface area contributed by atoms with Gasteiger partial charge in [-0.05, 0) is 43.0 Å². The van der Waals surface area contributed by atoms with E-state index in [0.29, 0.717) is 28.9 Å². The third-order valence-corrected chi connectivity index (χ3v) is 8.44. The zero-order chi connectivity index (χ0) is 25.0. The lowest BCUT2D eigenvalue weighted by Crippen LogP contribution is -2.22. The number of carbonyl (C=O) groups excluding carboxylic acids is 1. The first-order chi connectivity index (χ1) is 16.8. The van der Waals surface area contributed by atoms with E-state index in [1.54, 1.807) is 13.0 Å². The van der Waals surface area contributed by atoms with E-state index in [9.17, 15) is 18.0 Å². The second-order valence-electron chi connectivity index (χ2n) is 7.94. The first-order valence-corrected chi connectivity index (χ1v) is 13.1. The van der Waals surface area contributed by atoms with Crippen LogP contribution in [0.2, 0.25) is 0 Å². The largest absolute Gasteiger partial charge is 0.441 e. The van der Waals surface area contributed by atoms with Crippen LogP contribution in [0.3, 0.4) is 0 Å². The molecule has 0 bridgehead atoms. The summed E-state index contributed by atoms with van der Waals surface area (Å²) >= 11 is 1.10. The molecule has 1 unspecified atom stereocenters. The molecule has 0 saturated carbocycles. The van der Waals surface area contributed by atoms with Crippen LogP contribution in [0, 0.1) is 12.0 Å². The number of nitrogens with zero attached hydrogens (tertiary/aromatic N) is 1. The number of aromatic amines is 1. The van der Waals surface area contributed by atoms with E-state index in [1.165, 1.54) is 30.3 Å². The van der Waals surface area contributed by atoms with Gasteiger partial charge in [0.1, 0.15) is 28.5 Å². The van der Waals surface area contributed by atoms with Crippen molar-refractivity contribution < 1.29 is 27.8 Å². The predicted molar refractivity (Wildman–Crippen MR) is 130 cm³/mol. The maximum atomic E-state index is 13.1. The van der Waals surface area contributed by atoms with Crippen molar-refractivity contribution in [1.29, 1.82) is 0 Å². The maximum absolute atomic E-state index is 13.1. The van der Waals surface area contributed by atoms with Gasteiger partial charge in [-0.2, -0.15) is 0 Å². The van der Waals surface area contributed by atoms with Crippen molar-refractivity contribution in [3.05, 3.63) is 52.3 Å². The maximum Gasteiger partial charge on any atom is 0.249 e. The Morgan fingerprint density at radius 3 is 2.80 bits per heavy atom. The number of anilines is 1. The number of thiazole rings is 1. The van der Waals surface area contributed by atoms with Crippen LogP contribution in [0.1, 0.15) is 24.8 Å². The molecule has 10 nitrogen and oxygen atoms in total. The monoisotopic (exact) mass is 517 g/mol. The average Bonchev–Trinajstić information content (AvgIpc) is 3.52. The van der Waals surface area contributed by atoms with Crippen molar-refractivity contribution in [2.75, 3.05) is 25.1 Å². The second-order valence-corrected chi connectivity index (χ2v) is 11.2. The summed E-state index contributed by atoms with van der Waals surface area (Å²) in [5, 5.41) is 11.5. The number of H-pyrrole nitrogens is 1. The second kappa shape index (κ2) is 10.6. The van der Waals surface area contributed by atoms with Crippen molar-refractivity contribution in [3.8, 4) is 12.0 Å². The van der Waals surface area contributed by atoms with Gasteiger partial charge in [-0.1, -0.05) is 23.5 Å². The molecule has 1 aliphatic rings. The highest BCUT2D eigenvalue weighted by Crippen LogP contribution is 2.27. The lowest BCUT2D eigenvalue weighted by Gasteiger charge is -2.13. The van der Waals surface area contributed by atoms with Crippen LogP contribution in [0.15, 0.2) is 46.1 Å². The van der Waals surface area contributed by atoms with E-state index in [2.05, 4.69) is 27.3 Å². The molecular weight excluding hydrogens is 494 g/mol. The number of pyridine rings is 1. The highest BCUT2D eigenvalue weighted by atomic mass is 32.2. The van der Waals surface area contributed by atoms with Gasteiger partial charge in [-0.3, -0.25) is 9.59 Å². The van der Waals surface area contributed by atoms with E-state index in [0.717, 1.165) is 11.3 Å². The fraction of sp³-hybridized carbons (Fsp3) is 0.348. The van der Waals surface area contributed by atoms with E-state index in [4.69, 9.17) is 14.6 Å². The number of rotatable bonds is 7. The van der Waals surface area contributed by atoms with Crippen LogP contribution in [-0.2, 0) is 24.1 Å². The van der Waals surface area contributed by atoms with Crippen LogP contribution < -0.4 is 10.9 Å². The predicted octanol–water partition coefficient (Wildman–Crippen LogP) is 1.63. The lowest BCUT2D eigenvalue weighted by atomic mass is 9.99. The highest BCUT2D eigenvalue weighted by Gasteiger charge is 2.31. The molecule has 1 amide bonds. The normalized spacial score (nSPS) is 17.4. The summed E-state index contributed by atoms with van der Waals surface area (Å²) in [7, 11) is -3.55. The molecule has 3 N–H and O–H groups in total. The Morgan fingerprint density at radius 1 is 1.34 bits per heavy atom. The summed E-state index contributed by atoms with van der Waals surface area (Å²) in [5.41, 5.74) is 0.696. The van der Waals surface area contributed by atoms with E-state index >= 15 is 0 Å². The molecule has 12 heteroatoms. The number of ether oxygens (including phenoxy) is 2. The van der Waals surface area contributed by atoms with Gasteiger partial charge in [0.15, 0.2) is 15.0 Å². The van der Waals surface area contributed by atoms with Crippen LogP contribution in [0.5, 0.6) is 0 Å². The number of fused-ring (bicyclic) bond motifs is 1. The topological polar surface area (TPSA) is 148 Å². The first-order valence-electron chi connectivity index (χ1n) is 10.8. The molecule has 1 saturated heterocycles. The summed E-state index contributed by atoms with van der Waals surface area (Å²) in [6.45, 7) is 1.95. The van der Waals surface area contributed by atoms with Gasteiger partial charge in [0, 0.05) is 12.7 Å². The minimum absolute atomic E-state index is 0.143. The molecule has 2 aromatic heterocycles. The molecule has 1 aliphatic heterocycles. The Hall–Kier alpha value is -3.24. The number of hydrogen-bond acceptors (Lipinski definition) is 9. The highest BCUT2D eigenvalue weighted by molar-refractivity contribution is 7.92. The lowest BCUT2D eigenvalue weighted by molar-refractivity contribution is -0.116. The Kier molecular flexibility index (Phi) is 7.51. The third-order valence-electron chi connectivity index (χ3n) is 5.36. The number of sulfone groups is 1. The van der Waals surface area contributed by atoms with Gasteiger partial charge >= 0.3 is 0 Å². The quantitative estimate of drug-likeness (QED) is 0.401. The summed E-state index contributed by atoms with van der Waals surface area (Å²) in [6, 6.07) is 8.86. The molecule has 4 rings (SSSR count). The van der Waals surface area contributed by atoms with Gasteiger partial charge in [0.2, 0.25) is 11.5 Å². The number of amides is 1. The van der Waals surface area contributed by atoms with Gasteiger partial charge < -0.3 is 24.9 Å². The first kappa shape index (κ1) is 24.9. The van der Waals surface area contributed by atoms with Gasteiger partial charge in [0.05, 0.1) is 23.4 Å². The minimum atomic E-state index is -3.55. The molecule has 3 atom stereocenters. The van der Waals surface area contributed by atoms with Crippen LogP contribution in [0.25, 0.3) is 10.3 Å². The molecule has 1 fully saturated rings. The number of aliphatic hydroxyl groups excluding tert-OH is 1. The Bertz CT molecular complexity index is 1430. The summed E-state index contributed by atoms with van der Waals surface area (Å²) < 4.78 is 36.0. The molecule has 1 aromatic carbocycles. The zero-order valence-corrected chi connectivity index (χ0v) is 20.3. The van der Waals surface area contributed by atoms with Crippen molar-refractivity contribution in [2.24, 2.45) is 0 Å². The third kappa shape index (κ3) is 5.71. The van der Waals surface area contributed by atoms with Crippen LogP contribution in [-0.4, -0.2) is 60.6 Å². The molecular formula is C23H23N3O7S2. The number of aliphatic hydroxyl groups is 1. The number of carbonyl (C=O) groups is 1. The summed E-state index contributed by atoms with van der Waals surface area (Å²) in [5.74, 6) is 1.20. The van der Waals surface area contributed by atoms with Gasteiger partial charge in [-0.15, -0.1) is 0 Å². The number of benzene rings is 1. The van der Waals surface area contributed by atoms with Gasteiger partial charge in [-0.25, -0.2) is 13.4 Å². The molecule has 0 aliphatic carbocycles. The molecule has 0 spiro atoms. The van der Waals surface area contributed by atoms with E-state index in [-0.39, 0.29) is 28.8 Å². The van der Waals surface area contributed by atoms with Crippen molar-refractivity contribution in [1.82, 2.24) is 9.97 Å². The van der Waals surface area contributed by atoms with Crippen molar-refractivity contribution in [2.45, 2.75) is 35.5 Å². The zero-order valence-electron chi connectivity index (χ0n) is 18.7. The fourth-order valence-corrected chi connectivity index (χ4v) is 5.85. The number of nitrogens with one attached hydrogen (secondary N) is 2. The van der Waals surface area contributed by atoms with Crippen molar-refractivity contribution >= 4 is 42.6 Å². The molecule has 35 heavy (non-hydrogen) atoms. The molecule has 3 aromatic rings. The summed E-state index contributed by atoms with van der Waals surface area (Å²) in [4.78, 5) is 32.3. The van der Waals surface area contributed by atoms with E-state index in [1.807, 2.05) is 0 Å². The average molecular weight is 518 g/mol. The number of hydrogen-bond donors (Lipinski definition) is 3. The fourth-order valence-electron chi connectivity index (χ4n) is 3.40. The Labute approximate surface area is 205 Å². The number of aromatic nitrogens is 2. The minimum Gasteiger partial charge on any atom is -0.441 e. The molecule has 0 radical (unpaired) electrons. The Balaban J connectivity index is 1.60. The van der Waals surface area contributed by atoms with Gasteiger partial charge in [0.25, 0.3) is 0 Å². The van der Waals surface area contributed by atoms with Crippen LogP contribution in [0.4, 0.5) is 5.13 Å². The van der Waals surface area contributed by atoms with E-state index < -0.39 is 33.0 Å².